The number of pyridine rings is 1. The first kappa shape index (κ1) is 17.3. The Morgan fingerprint density at radius 1 is 1.26 bits per heavy atom. The van der Waals surface area contributed by atoms with E-state index in [1.165, 1.54) is 23.9 Å². The fourth-order valence-electron chi connectivity index (χ4n) is 1.72. The van der Waals surface area contributed by atoms with Crippen molar-refractivity contribution < 1.29 is 21.6 Å². The number of hydrogen-bond acceptors (Lipinski definition) is 5. The Balaban J connectivity index is 0.000000168. The molecule has 0 atom stereocenters. The molecule has 2 aromatic rings. The molecule has 0 aliphatic carbocycles. The van der Waals surface area contributed by atoms with E-state index < -0.39 is 10.1 Å². The van der Waals surface area contributed by atoms with Crippen molar-refractivity contribution in [1.29, 1.82) is 0 Å². The molecule has 0 N–H and O–H groups in total. The van der Waals surface area contributed by atoms with Crippen LogP contribution < -0.4 is 9.73 Å². The van der Waals surface area contributed by atoms with Gasteiger partial charge in [-0.3, -0.25) is 0 Å². The largest absolute Gasteiger partial charge is 0.744 e. The minimum Gasteiger partial charge on any atom is -0.744 e. The van der Waals surface area contributed by atoms with Crippen molar-refractivity contribution >= 4 is 27.1 Å². The van der Waals surface area contributed by atoms with Gasteiger partial charge in [0, 0.05) is 11.8 Å². The molecule has 0 radical (unpaired) electrons. The summed E-state index contributed by atoms with van der Waals surface area (Å²) in [4.78, 5) is 4.05. The van der Waals surface area contributed by atoms with Gasteiger partial charge in [-0.05, 0) is 31.4 Å². The summed E-state index contributed by atoms with van der Waals surface area (Å²) in [5, 5.41) is 0.675. The van der Waals surface area contributed by atoms with Gasteiger partial charge in [0.05, 0.1) is 28.9 Å². The minimum absolute atomic E-state index is 0.178. The van der Waals surface area contributed by atoms with Gasteiger partial charge < -0.3 is 4.55 Å². The molecule has 0 saturated heterocycles. The fourth-order valence-corrected chi connectivity index (χ4v) is 2.54. The highest BCUT2D eigenvalue weighted by atomic mass is 32.2. The highest BCUT2D eigenvalue weighted by Crippen LogP contribution is 2.20. The van der Waals surface area contributed by atoms with E-state index in [9.17, 15) is 13.0 Å². The van der Waals surface area contributed by atoms with E-state index in [0.29, 0.717) is 5.24 Å². The summed E-state index contributed by atoms with van der Waals surface area (Å²) in [5.41, 5.74) is 1.71. The van der Waals surface area contributed by atoms with Crippen LogP contribution in [0, 0.1) is 13.6 Å². The SMILES string of the molecule is C=[n+]1cccc2c1=NC(SC)=[O+]2.Cc1ccc(S(=O)(=O)[O-])cc1. The average Bonchev–Trinajstić information content (AvgIpc) is 2.92. The molecule has 8 heteroatoms. The summed E-state index contributed by atoms with van der Waals surface area (Å²) in [6.45, 7) is 5.60. The lowest BCUT2D eigenvalue weighted by molar-refractivity contribution is -0.518. The number of hydrogen-bond donors (Lipinski definition) is 0. The summed E-state index contributed by atoms with van der Waals surface area (Å²) >= 11 is 1.48. The third kappa shape index (κ3) is 4.47. The van der Waals surface area contributed by atoms with E-state index in [-0.39, 0.29) is 4.90 Å². The number of aromatic nitrogens is 1. The Morgan fingerprint density at radius 2 is 1.91 bits per heavy atom. The Morgan fingerprint density at radius 3 is 2.43 bits per heavy atom. The lowest BCUT2D eigenvalue weighted by atomic mass is 10.2. The van der Waals surface area contributed by atoms with Crippen LogP contribution in [0.3, 0.4) is 0 Å². The van der Waals surface area contributed by atoms with E-state index in [2.05, 4.69) is 11.7 Å². The Bertz CT molecular complexity index is 952. The number of fused-ring (bicyclic) bond motifs is 1. The van der Waals surface area contributed by atoms with Crippen molar-refractivity contribution in [3.8, 4) is 5.75 Å². The van der Waals surface area contributed by atoms with Crippen LogP contribution in [0.5, 0.6) is 5.75 Å². The number of rotatable bonds is 1. The zero-order chi connectivity index (χ0) is 17.0. The smallest absolute Gasteiger partial charge is 0.596 e. The molecule has 0 bridgehead atoms. The number of carbonyl (C=O) groups excluding carboxylic acids is 1. The molecule has 6 nitrogen and oxygen atoms in total. The topological polar surface area (TPSA) is 86.8 Å². The lowest BCUT2D eigenvalue weighted by Crippen LogP contribution is -2.33. The first-order valence-corrected chi connectivity index (χ1v) is 9.13. The van der Waals surface area contributed by atoms with E-state index in [1.54, 1.807) is 16.4 Å². The molecular weight excluding hydrogens is 336 g/mol. The molecule has 0 spiro atoms. The van der Waals surface area contributed by atoms with Gasteiger partial charge in [-0.2, -0.15) is 0 Å². The van der Waals surface area contributed by atoms with Gasteiger partial charge in [-0.25, -0.2) is 12.7 Å². The van der Waals surface area contributed by atoms with E-state index >= 15 is 0 Å². The number of aryl methyl sites for hydroxylation is 1. The third-order valence-electron chi connectivity index (χ3n) is 2.88. The van der Waals surface area contributed by atoms with Crippen molar-refractivity contribution in [1.82, 2.24) is 0 Å². The maximum atomic E-state index is 10.4. The molecule has 1 aliphatic rings. The molecule has 3 rings (SSSR count). The third-order valence-corrected chi connectivity index (χ3v) is 4.26. The van der Waals surface area contributed by atoms with Gasteiger partial charge in [0.2, 0.25) is 0 Å². The van der Waals surface area contributed by atoms with Gasteiger partial charge in [0.25, 0.3) is 0 Å². The number of benzene rings is 1. The summed E-state index contributed by atoms with van der Waals surface area (Å²) in [7, 11) is -4.27. The van der Waals surface area contributed by atoms with Gasteiger partial charge in [0.1, 0.15) is 10.1 Å². The van der Waals surface area contributed by atoms with Crippen LogP contribution in [0.1, 0.15) is 5.56 Å². The zero-order valence-electron chi connectivity index (χ0n) is 12.6. The minimum atomic E-state index is -4.27. The first-order chi connectivity index (χ1) is 10.8. The van der Waals surface area contributed by atoms with Crippen molar-refractivity contribution in [2.75, 3.05) is 6.26 Å². The standard InChI is InChI=1S/C8H8N2OS.C7H8O3S/c1-10-5-3-4-6-7(10)9-8(11-6)12-2;1-6-2-4-7(5-3-6)11(8,9)10/h3-5H,1H2,2H3;2-5H,1H3,(H,8,9,10)/q+2;/p-1. The predicted molar refractivity (Wildman–Crippen MR) is 86.0 cm³/mol. The Kier molecular flexibility index (Phi) is 5.30. The Labute approximate surface area is 138 Å². The maximum Gasteiger partial charge on any atom is 0.596 e. The quantitative estimate of drug-likeness (QED) is 0.446. The highest BCUT2D eigenvalue weighted by Gasteiger charge is 2.31. The molecule has 0 unspecified atom stereocenters. The van der Waals surface area contributed by atoms with Gasteiger partial charge in [-0.15, -0.1) is 4.42 Å². The number of amides is 1. The van der Waals surface area contributed by atoms with E-state index in [0.717, 1.165) is 16.8 Å². The van der Waals surface area contributed by atoms with E-state index in [4.69, 9.17) is 4.42 Å². The van der Waals surface area contributed by atoms with Crippen LogP contribution in [0.4, 0.5) is 4.42 Å². The molecule has 1 aliphatic heterocycles. The molecular formula is C15H15N2O4S2+. The number of nitrogens with zero attached hydrogens (tertiary/aromatic N) is 2. The van der Waals surface area contributed by atoms with Crippen molar-refractivity contribution in [3.05, 3.63) is 60.4 Å². The highest BCUT2D eigenvalue weighted by molar-refractivity contribution is 8.13. The molecule has 2 heterocycles. The van der Waals surface area contributed by atoms with Gasteiger partial charge >= 0.3 is 16.5 Å². The predicted octanol–water partition coefficient (Wildman–Crippen LogP) is 1.88. The molecule has 0 amide bonds. The van der Waals surface area contributed by atoms with Crippen molar-refractivity contribution in [3.63, 3.8) is 0 Å². The molecule has 1 aromatic carbocycles. The second-order valence-corrected chi connectivity index (χ2v) is 6.75. The van der Waals surface area contributed by atoms with E-state index in [1.807, 2.05) is 31.5 Å². The first-order valence-electron chi connectivity index (χ1n) is 6.50. The summed E-state index contributed by atoms with van der Waals surface area (Å²) in [6.07, 6.45) is 3.77. The van der Waals surface area contributed by atoms with Crippen LogP contribution in [-0.2, 0) is 10.1 Å². The molecule has 0 fully saturated rings. The number of thioether (sulfide) groups is 1. The molecule has 120 valence electrons. The van der Waals surface area contributed by atoms with Crippen LogP contribution in [0.25, 0.3) is 0 Å². The summed E-state index contributed by atoms with van der Waals surface area (Å²) in [5.74, 6) is 0.775. The Hall–Kier alpha value is -2.03. The van der Waals surface area contributed by atoms with Gasteiger partial charge in [0.15, 0.2) is 0 Å². The fraction of sp³-hybridized carbons (Fsp3) is 0.133. The van der Waals surface area contributed by atoms with Crippen LogP contribution >= 0.6 is 11.8 Å². The second-order valence-electron chi connectivity index (χ2n) is 4.62. The van der Waals surface area contributed by atoms with Crippen LogP contribution in [0.2, 0.25) is 0 Å². The summed E-state index contributed by atoms with van der Waals surface area (Å²) in [6, 6.07) is 9.54. The monoisotopic (exact) mass is 351 g/mol. The lowest BCUT2D eigenvalue weighted by Gasteiger charge is -2.05. The molecule has 23 heavy (non-hydrogen) atoms. The van der Waals surface area contributed by atoms with Crippen molar-refractivity contribution in [2.45, 2.75) is 11.8 Å². The van der Waals surface area contributed by atoms with Crippen LogP contribution in [0.15, 0.2) is 52.5 Å². The van der Waals surface area contributed by atoms with Gasteiger partial charge in [-0.1, -0.05) is 17.7 Å². The average molecular weight is 351 g/mol. The van der Waals surface area contributed by atoms with Crippen LogP contribution in [-0.4, -0.2) is 24.5 Å². The zero-order valence-corrected chi connectivity index (χ0v) is 14.2. The normalized spacial score (nSPS) is 12.6. The maximum absolute atomic E-state index is 10.4. The summed E-state index contributed by atoms with van der Waals surface area (Å²) < 4.78 is 38.2. The van der Waals surface area contributed by atoms with Crippen molar-refractivity contribution in [2.24, 2.45) is 4.99 Å². The second kappa shape index (κ2) is 7.03. The molecule has 1 aromatic heterocycles. The molecule has 0 saturated carbocycles.